The summed E-state index contributed by atoms with van der Waals surface area (Å²) >= 11 is 0. The van der Waals surface area contributed by atoms with Gasteiger partial charge >= 0.3 is 7.82 Å². The molecule has 0 saturated heterocycles. The lowest BCUT2D eigenvalue weighted by molar-refractivity contribution is 0.283. The fraction of sp³-hybridized carbons (Fsp3) is 0.333. The van der Waals surface area contributed by atoms with Crippen LogP contribution >= 0.6 is 7.82 Å². The van der Waals surface area contributed by atoms with Crippen LogP contribution in [0.3, 0.4) is 0 Å². The largest absolute Gasteiger partial charge is 0.524 e. The molecule has 4 nitrogen and oxygen atoms in total. The zero-order valence-corrected chi connectivity index (χ0v) is 26.6. The molecule has 2 N–H and O–H groups in total. The minimum atomic E-state index is -4.87. The van der Waals surface area contributed by atoms with Crippen molar-refractivity contribution in [3.63, 3.8) is 0 Å². The van der Waals surface area contributed by atoms with Crippen molar-refractivity contribution in [1.29, 1.82) is 0 Å². The topological polar surface area (TPSA) is 66.8 Å². The first-order valence-electron chi connectivity index (χ1n) is 14.1. The minimum Gasteiger partial charge on any atom is -0.404 e. The molecule has 0 heterocycles. The van der Waals surface area contributed by atoms with Crippen molar-refractivity contribution in [1.82, 2.24) is 0 Å². The van der Waals surface area contributed by atoms with Crippen LogP contribution in [0.15, 0.2) is 84.9 Å². The van der Waals surface area contributed by atoms with E-state index < -0.39 is 7.82 Å². The van der Waals surface area contributed by atoms with Crippen LogP contribution < -0.4 is 4.52 Å². The normalized spacial score (nSPS) is 12.9. The Morgan fingerprint density at radius 1 is 0.488 bits per heavy atom. The molecule has 0 aromatic heterocycles. The van der Waals surface area contributed by atoms with Crippen LogP contribution in [0.1, 0.15) is 79.0 Å². The van der Waals surface area contributed by atoms with E-state index in [2.05, 4.69) is 98.7 Å². The zero-order valence-electron chi connectivity index (χ0n) is 25.7. The number of rotatable bonds is 5. The van der Waals surface area contributed by atoms with Crippen molar-refractivity contribution in [3.8, 4) is 39.1 Å². The third-order valence-corrected chi connectivity index (χ3v) is 7.85. The van der Waals surface area contributed by atoms with E-state index in [1.54, 1.807) is 6.07 Å². The summed E-state index contributed by atoms with van der Waals surface area (Å²) in [6, 6.07) is 28.5. The molecule has 4 rings (SSSR count). The molecule has 0 aliphatic carbocycles. The van der Waals surface area contributed by atoms with Crippen LogP contribution in [0.4, 0.5) is 0 Å². The van der Waals surface area contributed by atoms with Gasteiger partial charge in [-0.1, -0.05) is 141 Å². The molecule has 0 bridgehead atoms. The molecule has 0 aliphatic heterocycles. The van der Waals surface area contributed by atoms with E-state index in [9.17, 15) is 14.4 Å². The van der Waals surface area contributed by atoms with E-state index in [1.807, 2.05) is 42.5 Å². The second kappa shape index (κ2) is 10.9. The zero-order chi connectivity index (χ0) is 30.4. The number of benzene rings is 4. The lowest BCUT2D eigenvalue weighted by Crippen LogP contribution is -2.15. The quantitative estimate of drug-likeness (QED) is 0.234. The van der Waals surface area contributed by atoms with Gasteiger partial charge in [-0.25, -0.2) is 4.57 Å². The molecule has 41 heavy (non-hydrogen) atoms. The van der Waals surface area contributed by atoms with E-state index in [-0.39, 0.29) is 22.0 Å². The van der Waals surface area contributed by atoms with Gasteiger partial charge in [0.25, 0.3) is 0 Å². The second-order valence-electron chi connectivity index (χ2n) is 13.8. The van der Waals surface area contributed by atoms with Gasteiger partial charge in [-0.2, -0.15) is 0 Å². The van der Waals surface area contributed by atoms with E-state index in [0.717, 1.165) is 38.9 Å². The molecule has 0 radical (unpaired) electrons. The number of phosphoric ester groups is 1. The monoisotopic (exact) mass is 570 g/mol. The molecule has 0 atom stereocenters. The Morgan fingerprint density at radius 2 is 0.854 bits per heavy atom. The number of hydrogen-bond donors (Lipinski definition) is 2. The molecule has 4 aromatic rings. The molecule has 0 fully saturated rings. The van der Waals surface area contributed by atoms with Gasteiger partial charge < -0.3 is 4.52 Å². The van der Waals surface area contributed by atoms with Gasteiger partial charge in [0, 0.05) is 11.1 Å². The molecule has 0 saturated carbocycles. The molecular weight excluding hydrogens is 527 g/mol. The van der Waals surface area contributed by atoms with Crippen LogP contribution in [0.25, 0.3) is 33.4 Å². The summed E-state index contributed by atoms with van der Waals surface area (Å²) in [6.07, 6.45) is 0. The van der Waals surface area contributed by atoms with Crippen LogP contribution in [0, 0.1) is 0 Å². The summed E-state index contributed by atoms with van der Waals surface area (Å²) in [6.45, 7) is 19.6. The van der Waals surface area contributed by atoms with Gasteiger partial charge in [0.1, 0.15) is 5.75 Å². The van der Waals surface area contributed by atoms with Crippen molar-refractivity contribution in [3.05, 3.63) is 102 Å². The van der Waals surface area contributed by atoms with Crippen LogP contribution in [-0.4, -0.2) is 9.79 Å². The Kier molecular flexibility index (Phi) is 8.19. The molecule has 0 amide bonds. The SMILES string of the molecule is CC(C)(C)c1ccccc1-c1ccc(OP(=O)(O)O)c(-c2ccccc2C(C)(C)C)c1-c1ccccc1C(C)(C)C. The van der Waals surface area contributed by atoms with Crippen LogP contribution in [0.2, 0.25) is 0 Å². The first-order valence-corrected chi connectivity index (χ1v) is 15.6. The molecule has 0 unspecified atom stereocenters. The highest BCUT2D eigenvalue weighted by Crippen LogP contribution is 2.53. The maximum Gasteiger partial charge on any atom is 0.524 e. The van der Waals surface area contributed by atoms with Crippen molar-refractivity contribution >= 4 is 7.82 Å². The summed E-state index contributed by atoms with van der Waals surface area (Å²) in [4.78, 5) is 20.1. The third-order valence-electron chi connectivity index (χ3n) is 7.42. The van der Waals surface area contributed by atoms with Gasteiger partial charge in [0.05, 0.1) is 0 Å². The van der Waals surface area contributed by atoms with Crippen LogP contribution in [-0.2, 0) is 20.8 Å². The van der Waals surface area contributed by atoms with E-state index in [1.165, 1.54) is 5.56 Å². The van der Waals surface area contributed by atoms with Crippen molar-refractivity contribution < 1.29 is 18.9 Å². The fourth-order valence-corrected chi connectivity index (χ4v) is 6.05. The maximum atomic E-state index is 12.4. The Labute approximate surface area is 245 Å². The molecule has 4 aromatic carbocycles. The van der Waals surface area contributed by atoms with Gasteiger partial charge in [-0.15, -0.1) is 0 Å². The number of phosphoric acid groups is 1. The molecular formula is C36H43O4P. The van der Waals surface area contributed by atoms with Gasteiger partial charge in [-0.3, -0.25) is 9.79 Å². The predicted molar refractivity (Wildman–Crippen MR) is 172 cm³/mol. The van der Waals surface area contributed by atoms with Crippen molar-refractivity contribution in [2.45, 2.75) is 78.6 Å². The van der Waals surface area contributed by atoms with Crippen molar-refractivity contribution in [2.75, 3.05) is 0 Å². The Bertz CT molecular complexity index is 1610. The molecule has 5 heteroatoms. The summed E-state index contributed by atoms with van der Waals surface area (Å²) in [5, 5.41) is 0. The first kappa shape index (κ1) is 30.8. The lowest BCUT2D eigenvalue weighted by Gasteiger charge is -2.30. The summed E-state index contributed by atoms with van der Waals surface area (Å²) in [5.41, 5.74) is 8.35. The van der Waals surface area contributed by atoms with Crippen LogP contribution in [0.5, 0.6) is 5.75 Å². The molecule has 0 spiro atoms. The predicted octanol–water partition coefficient (Wildman–Crippen LogP) is 10.1. The Balaban J connectivity index is 2.31. The average molecular weight is 571 g/mol. The Morgan fingerprint density at radius 3 is 1.27 bits per heavy atom. The highest BCUT2D eigenvalue weighted by Gasteiger charge is 2.31. The highest BCUT2D eigenvalue weighted by molar-refractivity contribution is 7.46. The summed E-state index contributed by atoms with van der Waals surface area (Å²) < 4.78 is 17.9. The number of hydrogen-bond acceptors (Lipinski definition) is 2. The van der Waals surface area contributed by atoms with Gasteiger partial charge in [0.15, 0.2) is 0 Å². The fourth-order valence-electron chi connectivity index (χ4n) is 5.64. The molecule has 216 valence electrons. The van der Waals surface area contributed by atoms with Crippen molar-refractivity contribution in [2.24, 2.45) is 0 Å². The summed E-state index contributed by atoms with van der Waals surface area (Å²) in [7, 11) is -4.87. The third kappa shape index (κ3) is 6.67. The Hall–Kier alpha value is -3.17. The van der Waals surface area contributed by atoms with Gasteiger partial charge in [-0.05, 0) is 61.3 Å². The summed E-state index contributed by atoms with van der Waals surface area (Å²) in [5.74, 6) is 0.158. The van der Waals surface area contributed by atoms with Gasteiger partial charge in [0.2, 0.25) is 0 Å². The lowest BCUT2D eigenvalue weighted by atomic mass is 9.74. The van der Waals surface area contributed by atoms with E-state index in [0.29, 0.717) is 5.56 Å². The van der Waals surface area contributed by atoms with E-state index in [4.69, 9.17) is 4.52 Å². The molecule has 0 aliphatic rings. The smallest absolute Gasteiger partial charge is 0.404 e. The minimum absolute atomic E-state index is 0.137. The first-order chi connectivity index (χ1) is 18.9. The second-order valence-corrected chi connectivity index (χ2v) is 15.0. The maximum absolute atomic E-state index is 12.4. The van der Waals surface area contributed by atoms with E-state index >= 15 is 0 Å². The standard InChI is InChI=1S/C36H43O4P/c1-34(2,3)28-19-13-10-16-24(28)25-22-23-31(40-41(37,38)39)33(27-18-12-15-21-30(27)36(7,8)9)32(25)26-17-11-14-20-29(26)35(4,5)6/h10-23H,1-9H3,(H2,37,38,39). The highest BCUT2D eigenvalue weighted by atomic mass is 31.2. The average Bonchev–Trinajstić information content (AvgIpc) is 2.86.